The maximum absolute atomic E-state index is 14.2. The molecule has 0 saturated carbocycles. The first-order valence-corrected chi connectivity index (χ1v) is 7.54. The van der Waals surface area contributed by atoms with Crippen molar-refractivity contribution in [2.24, 2.45) is 5.10 Å². The molecule has 0 aliphatic heterocycles. The summed E-state index contributed by atoms with van der Waals surface area (Å²) >= 11 is 0. The Kier molecular flexibility index (Phi) is 4.74. The van der Waals surface area contributed by atoms with E-state index in [2.05, 4.69) is 10.1 Å². The fourth-order valence-electron chi connectivity index (χ4n) is 2.25. The maximum atomic E-state index is 14.2. The van der Waals surface area contributed by atoms with Gasteiger partial charge >= 0.3 is 0 Å². The zero-order valence-corrected chi connectivity index (χ0v) is 13.5. The third-order valence-electron chi connectivity index (χ3n) is 3.41. The minimum absolute atomic E-state index is 0.0764. The topological polar surface area (TPSA) is 65.4 Å². The van der Waals surface area contributed by atoms with Crippen LogP contribution in [0.25, 0.3) is 0 Å². The van der Waals surface area contributed by atoms with Gasteiger partial charge in [0.15, 0.2) is 17.4 Å². The number of rotatable bonds is 5. The molecule has 0 aliphatic carbocycles. The van der Waals surface area contributed by atoms with Crippen LogP contribution in [0.3, 0.4) is 0 Å². The van der Waals surface area contributed by atoms with Crippen LogP contribution in [0.2, 0.25) is 0 Å². The summed E-state index contributed by atoms with van der Waals surface area (Å²) in [6, 6.07) is 11.4. The molecule has 25 heavy (non-hydrogen) atoms. The summed E-state index contributed by atoms with van der Waals surface area (Å²) in [5.41, 5.74) is 7.41. The van der Waals surface area contributed by atoms with Gasteiger partial charge in [-0.2, -0.15) is 5.10 Å². The smallest absolute Gasteiger partial charge is 0.221 e. The van der Waals surface area contributed by atoms with E-state index < -0.39 is 17.4 Å². The number of ether oxygens (including phenoxy) is 1. The molecule has 0 bridgehead atoms. The van der Waals surface area contributed by atoms with E-state index in [0.29, 0.717) is 5.69 Å². The molecule has 0 aliphatic rings. The number of aryl methyl sites for hydroxylation is 1. The second-order valence-electron chi connectivity index (χ2n) is 5.42. The van der Waals surface area contributed by atoms with Crippen LogP contribution in [0.5, 0.6) is 5.75 Å². The second kappa shape index (κ2) is 7.12. The highest BCUT2D eigenvalue weighted by molar-refractivity contribution is 5.80. The third-order valence-corrected chi connectivity index (χ3v) is 3.41. The molecule has 0 saturated heterocycles. The molecule has 0 spiro atoms. The Balaban J connectivity index is 1.76. The monoisotopic (exact) mass is 342 g/mol. The van der Waals surface area contributed by atoms with Crippen LogP contribution in [-0.2, 0) is 6.61 Å². The molecule has 5 nitrogen and oxygen atoms in total. The Labute approximate surface area is 143 Å². The predicted octanol–water partition coefficient (Wildman–Crippen LogP) is 3.51. The first-order chi connectivity index (χ1) is 12.0. The van der Waals surface area contributed by atoms with E-state index in [1.54, 1.807) is 13.1 Å². The van der Waals surface area contributed by atoms with Crippen LogP contribution < -0.4 is 10.5 Å². The summed E-state index contributed by atoms with van der Waals surface area (Å²) in [6.07, 6.45) is 2.90. The summed E-state index contributed by atoms with van der Waals surface area (Å²) < 4.78 is 34.9. The molecule has 0 atom stereocenters. The molecule has 0 unspecified atom stereocenters. The molecule has 128 valence electrons. The molecular formula is C18H16F2N4O. The van der Waals surface area contributed by atoms with Crippen LogP contribution in [0.1, 0.15) is 16.8 Å². The van der Waals surface area contributed by atoms with E-state index in [4.69, 9.17) is 10.5 Å². The lowest BCUT2D eigenvalue weighted by molar-refractivity contribution is 0.274. The van der Waals surface area contributed by atoms with Gasteiger partial charge in [-0.1, -0.05) is 30.3 Å². The van der Waals surface area contributed by atoms with Crippen molar-refractivity contribution in [3.8, 4) is 5.75 Å². The number of hydrogen-bond donors (Lipinski definition) is 1. The summed E-state index contributed by atoms with van der Waals surface area (Å²) in [7, 11) is 0. The van der Waals surface area contributed by atoms with Crippen molar-refractivity contribution in [1.29, 1.82) is 0 Å². The minimum Gasteiger partial charge on any atom is -0.483 e. The molecule has 0 radical (unpaired) electrons. The average Bonchev–Trinajstić information content (AvgIpc) is 2.90. The fourth-order valence-corrected chi connectivity index (χ4v) is 2.25. The Bertz CT molecular complexity index is 884. The average molecular weight is 342 g/mol. The Hall–Kier alpha value is -3.22. The largest absolute Gasteiger partial charge is 0.483 e. The lowest BCUT2D eigenvalue weighted by atomic mass is 10.2. The summed E-state index contributed by atoms with van der Waals surface area (Å²) in [6.45, 7) is 1.84. The lowest BCUT2D eigenvalue weighted by Gasteiger charge is -2.09. The molecule has 3 aromatic rings. The van der Waals surface area contributed by atoms with Gasteiger partial charge in [0.25, 0.3) is 0 Å². The van der Waals surface area contributed by atoms with Crippen molar-refractivity contribution in [2.75, 3.05) is 5.73 Å². The number of halogens is 2. The van der Waals surface area contributed by atoms with E-state index in [1.165, 1.54) is 10.9 Å². The lowest BCUT2D eigenvalue weighted by Crippen LogP contribution is -2.01. The van der Waals surface area contributed by atoms with Crippen LogP contribution in [0, 0.1) is 18.6 Å². The van der Waals surface area contributed by atoms with Gasteiger partial charge in [0.1, 0.15) is 6.61 Å². The molecule has 1 aromatic heterocycles. The molecule has 0 amide bonds. The second-order valence-corrected chi connectivity index (χ2v) is 5.42. The molecule has 2 N–H and O–H groups in total. The van der Waals surface area contributed by atoms with Crippen molar-refractivity contribution in [2.45, 2.75) is 13.5 Å². The molecule has 3 rings (SSSR count). The van der Waals surface area contributed by atoms with Gasteiger partial charge < -0.3 is 10.5 Å². The Morgan fingerprint density at radius 1 is 1.20 bits per heavy atom. The highest BCUT2D eigenvalue weighted by Crippen LogP contribution is 2.24. The van der Waals surface area contributed by atoms with Crippen LogP contribution in [0.15, 0.2) is 53.8 Å². The number of nitrogens with two attached hydrogens (primary N) is 1. The predicted molar refractivity (Wildman–Crippen MR) is 91.5 cm³/mol. The zero-order chi connectivity index (χ0) is 17.8. The van der Waals surface area contributed by atoms with Gasteiger partial charge in [-0.25, -0.2) is 18.4 Å². The van der Waals surface area contributed by atoms with Gasteiger partial charge in [0.05, 0.1) is 18.1 Å². The number of anilines is 1. The number of benzene rings is 2. The highest BCUT2D eigenvalue weighted by atomic mass is 19.1. The van der Waals surface area contributed by atoms with E-state index in [9.17, 15) is 8.78 Å². The van der Waals surface area contributed by atoms with Crippen molar-refractivity contribution >= 4 is 12.2 Å². The molecule has 0 fully saturated rings. The summed E-state index contributed by atoms with van der Waals surface area (Å²) in [5, 5.41) is 4.03. The highest BCUT2D eigenvalue weighted by Gasteiger charge is 2.12. The number of nitrogens with zero attached hydrogens (tertiary/aromatic N) is 3. The number of hydrogen-bond acceptors (Lipinski definition) is 4. The summed E-state index contributed by atoms with van der Waals surface area (Å²) in [5.74, 6) is -1.82. The van der Waals surface area contributed by atoms with Gasteiger partial charge in [0, 0.05) is 5.56 Å². The molecule has 1 heterocycles. The third kappa shape index (κ3) is 4.00. The molecule has 2 aromatic carbocycles. The zero-order valence-electron chi connectivity index (χ0n) is 13.5. The quantitative estimate of drug-likeness (QED) is 0.722. The number of nitrogen functional groups attached to an aromatic ring is 1. The van der Waals surface area contributed by atoms with Crippen LogP contribution in [-0.4, -0.2) is 15.9 Å². The van der Waals surface area contributed by atoms with Crippen molar-refractivity contribution in [3.63, 3.8) is 0 Å². The van der Waals surface area contributed by atoms with Gasteiger partial charge in [-0.05, 0) is 24.6 Å². The Morgan fingerprint density at radius 3 is 2.48 bits per heavy atom. The van der Waals surface area contributed by atoms with Crippen LogP contribution in [0.4, 0.5) is 14.7 Å². The fraction of sp³-hybridized carbons (Fsp3) is 0.111. The van der Waals surface area contributed by atoms with Gasteiger partial charge in [0.2, 0.25) is 5.95 Å². The van der Waals surface area contributed by atoms with Crippen LogP contribution >= 0.6 is 0 Å². The standard InChI is InChI=1S/C18H16F2N4O/c1-12-10-24(18(21)23-12)22-9-14-7-15(19)17(16(20)8-14)25-11-13-5-3-2-4-6-13/h2-10H,11H2,1H3,(H2,21,23). The summed E-state index contributed by atoms with van der Waals surface area (Å²) in [4.78, 5) is 3.98. The SMILES string of the molecule is Cc1cn(N=Cc2cc(F)c(OCc3ccccc3)c(F)c2)c(N)n1. The first-order valence-electron chi connectivity index (χ1n) is 7.54. The van der Waals surface area contributed by atoms with Crippen molar-refractivity contribution < 1.29 is 13.5 Å². The number of imidazole rings is 1. The number of aromatic nitrogens is 2. The van der Waals surface area contributed by atoms with E-state index in [1.807, 2.05) is 30.3 Å². The van der Waals surface area contributed by atoms with E-state index in [0.717, 1.165) is 17.7 Å². The van der Waals surface area contributed by atoms with Gasteiger partial charge in [-0.3, -0.25) is 0 Å². The van der Waals surface area contributed by atoms with Gasteiger partial charge in [-0.15, -0.1) is 0 Å². The minimum atomic E-state index is -0.799. The Morgan fingerprint density at radius 2 is 1.88 bits per heavy atom. The molecule has 7 heteroatoms. The van der Waals surface area contributed by atoms with E-state index in [-0.39, 0.29) is 18.1 Å². The van der Waals surface area contributed by atoms with Crippen molar-refractivity contribution in [1.82, 2.24) is 9.66 Å². The maximum Gasteiger partial charge on any atom is 0.221 e. The van der Waals surface area contributed by atoms with Crippen molar-refractivity contribution in [3.05, 3.63) is 77.1 Å². The molecular weight excluding hydrogens is 326 g/mol. The first kappa shape index (κ1) is 16.6. The normalized spacial score (nSPS) is 11.2. The van der Waals surface area contributed by atoms with E-state index >= 15 is 0 Å².